The standard InChI is InChI=1S/C4H10O2.H2/c1-2-3-4-6-5;/h5H,2-4H2,1H3;1H. The second-order valence-electron chi connectivity index (χ2n) is 1.19. The van der Waals surface area contributed by atoms with E-state index in [2.05, 4.69) is 4.89 Å². The SMILES string of the molecule is CCCCOO.[HH]. The third-order valence-electron chi connectivity index (χ3n) is 0.589. The van der Waals surface area contributed by atoms with Gasteiger partial charge in [-0.25, -0.2) is 4.89 Å². The molecule has 0 rings (SSSR count). The van der Waals surface area contributed by atoms with Crippen LogP contribution in [0.3, 0.4) is 0 Å². The molecule has 1 N–H and O–H groups in total. The summed E-state index contributed by atoms with van der Waals surface area (Å²) in [6.07, 6.45) is 2.01. The highest BCUT2D eigenvalue weighted by atomic mass is 17.1. The van der Waals surface area contributed by atoms with Crippen molar-refractivity contribution in [1.29, 1.82) is 0 Å². The molecule has 0 aromatic carbocycles. The number of hydrogen-bond donors (Lipinski definition) is 1. The van der Waals surface area contributed by atoms with Crippen molar-refractivity contribution in [2.24, 2.45) is 0 Å². The first-order valence-electron chi connectivity index (χ1n) is 2.18. The summed E-state index contributed by atoms with van der Waals surface area (Å²) in [6, 6.07) is 0. The lowest BCUT2D eigenvalue weighted by Gasteiger charge is -1.87. The molecule has 0 bridgehead atoms. The molecule has 0 radical (unpaired) electrons. The van der Waals surface area contributed by atoms with Crippen molar-refractivity contribution < 1.29 is 11.6 Å². The molecular formula is C4H12O2. The van der Waals surface area contributed by atoms with E-state index in [0.29, 0.717) is 6.61 Å². The molecule has 6 heavy (non-hydrogen) atoms. The quantitative estimate of drug-likeness (QED) is 0.325. The Morgan fingerprint density at radius 3 is 2.67 bits per heavy atom. The van der Waals surface area contributed by atoms with Crippen LogP contribution in [0.5, 0.6) is 0 Å². The van der Waals surface area contributed by atoms with Crippen LogP contribution in [0.1, 0.15) is 21.2 Å². The summed E-state index contributed by atoms with van der Waals surface area (Å²) in [5.74, 6) is 0. The predicted octanol–water partition coefficient (Wildman–Crippen LogP) is 1.52. The molecule has 0 amide bonds. The molecule has 0 saturated carbocycles. The van der Waals surface area contributed by atoms with Crippen LogP contribution in [0.2, 0.25) is 0 Å². The molecule has 0 heterocycles. The van der Waals surface area contributed by atoms with Crippen LogP contribution in [0, 0.1) is 0 Å². The highest BCUT2D eigenvalue weighted by molar-refractivity contribution is 4.24. The second kappa shape index (κ2) is 4.92. The summed E-state index contributed by atoms with van der Waals surface area (Å²) < 4.78 is 0. The van der Waals surface area contributed by atoms with E-state index < -0.39 is 0 Å². The topological polar surface area (TPSA) is 29.5 Å². The van der Waals surface area contributed by atoms with E-state index in [0.717, 1.165) is 12.8 Å². The van der Waals surface area contributed by atoms with Crippen LogP contribution in [-0.4, -0.2) is 11.9 Å². The van der Waals surface area contributed by atoms with Crippen molar-refractivity contribution in [3.8, 4) is 0 Å². The first kappa shape index (κ1) is 5.92. The molecule has 0 saturated heterocycles. The van der Waals surface area contributed by atoms with Gasteiger partial charge in [-0.05, 0) is 6.42 Å². The Balaban J connectivity index is 0. The van der Waals surface area contributed by atoms with Gasteiger partial charge in [0.05, 0.1) is 6.61 Å². The fourth-order valence-electron chi connectivity index (χ4n) is 0.209. The average Bonchev–Trinajstić information content (AvgIpc) is 1.61. The highest BCUT2D eigenvalue weighted by Gasteiger charge is 1.76. The number of hydrogen-bond acceptors (Lipinski definition) is 2. The Hall–Kier alpha value is -0.0800. The average molecular weight is 92.1 g/mol. The Labute approximate surface area is 39.2 Å². The van der Waals surface area contributed by atoms with Gasteiger partial charge in [0.15, 0.2) is 0 Å². The van der Waals surface area contributed by atoms with E-state index in [4.69, 9.17) is 5.26 Å². The lowest BCUT2D eigenvalue weighted by Crippen LogP contribution is -1.84. The lowest BCUT2D eigenvalue weighted by molar-refractivity contribution is -0.242. The fraction of sp³-hybridized carbons (Fsp3) is 1.00. The van der Waals surface area contributed by atoms with Gasteiger partial charge in [-0.3, -0.25) is 5.26 Å². The molecule has 0 aliphatic carbocycles. The van der Waals surface area contributed by atoms with Crippen molar-refractivity contribution in [3.63, 3.8) is 0 Å². The maximum Gasteiger partial charge on any atom is 0.0819 e. The normalized spacial score (nSPS) is 9.00. The van der Waals surface area contributed by atoms with Gasteiger partial charge in [0.2, 0.25) is 0 Å². The molecule has 2 nitrogen and oxygen atoms in total. The van der Waals surface area contributed by atoms with E-state index >= 15 is 0 Å². The van der Waals surface area contributed by atoms with Gasteiger partial charge >= 0.3 is 0 Å². The lowest BCUT2D eigenvalue weighted by atomic mass is 10.4. The van der Waals surface area contributed by atoms with Crippen LogP contribution < -0.4 is 0 Å². The molecule has 2 heteroatoms. The van der Waals surface area contributed by atoms with Gasteiger partial charge < -0.3 is 0 Å². The summed E-state index contributed by atoms with van der Waals surface area (Å²) in [5, 5.41) is 7.70. The molecule has 0 atom stereocenters. The van der Waals surface area contributed by atoms with Crippen LogP contribution in [0.15, 0.2) is 0 Å². The zero-order valence-corrected chi connectivity index (χ0v) is 3.98. The second-order valence-corrected chi connectivity index (χ2v) is 1.19. The van der Waals surface area contributed by atoms with E-state index in [1.807, 2.05) is 6.92 Å². The van der Waals surface area contributed by atoms with Crippen LogP contribution in [0.25, 0.3) is 0 Å². The van der Waals surface area contributed by atoms with Gasteiger partial charge in [-0.1, -0.05) is 13.3 Å². The predicted molar refractivity (Wildman–Crippen MR) is 25.6 cm³/mol. The molecule has 0 fully saturated rings. The molecular weight excluding hydrogens is 80.0 g/mol. The zero-order chi connectivity index (χ0) is 4.83. The summed E-state index contributed by atoms with van der Waals surface area (Å²) in [7, 11) is 0. The van der Waals surface area contributed by atoms with Crippen molar-refractivity contribution in [2.75, 3.05) is 6.61 Å². The number of unbranched alkanes of at least 4 members (excludes halogenated alkanes) is 1. The maximum absolute atomic E-state index is 7.70. The third kappa shape index (κ3) is 3.92. The minimum absolute atomic E-state index is 0. The van der Waals surface area contributed by atoms with Crippen molar-refractivity contribution in [3.05, 3.63) is 0 Å². The Morgan fingerprint density at radius 2 is 2.50 bits per heavy atom. The summed E-state index contributed by atoms with van der Waals surface area (Å²) >= 11 is 0. The minimum atomic E-state index is 0. The zero-order valence-electron chi connectivity index (χ0n) is 3.98. The van der Waals surface area contributed by atoms with E-state index in [1.165, 1.54) is 0 Å². The Kier molecular flexibility index (Phi) is 4.85. The smallest absolute Gasteiger partial charge is 0.0819 e. The third-order valence-corrected chi connectivity index (χ3v) is 0.589. The molecule has 0 aromatic rings. The van der Waals surface area contributed by atoms with Crippen LogP contribution in [-0.2, 0) is 4.89 Å². The summed E-state index contributed by atoms with van der Waals surface area (Å²) in [4.78, 5) is 3.78. The van der Waals surface area contributed by atoms with Gasteiger partial charge in [-0.2, -0.15) is 0 Å². The van der Waals surface area contributed by atoms with Gasteiger partial charge in [0.1, 0.15) is 0 Å². The van der Waals surface area contributed by atoms with Crippen molar-refractivity contribution in [2.45, 2.75) is 19.8 Å². The monoisotopic (exact) mass is 92.1 g/mol. The van der Waals surface area contributed by atoms with Gasteiger partial charge in [0.25, 0.3) is 0 Å². The van der Waals surface area contributed by atoms with Gasteiger partial charge in [-0.15, -0.1) is 0 Å². The number of rotatable bonds is 3. The largest absolute Gasteiger partial charge is 0.252 e. The molecule has 0 unspecified atom stereocenters. The fourth-order valence-corrected chi connectivity index (χ4v) is 0.209. The highest BCUT2D eigenvalue weighted by Crippen LogP contribution is 1.83. The van der Waals surface area contributed by atoms with E-state index in [9.17, 15) is 0 Å². The first-order valence-corrected chi connectivity index (χ1v) is 2.18. The molecule has 40 valence electrons. The van der Waals surface area contributed by atoms with Crippen molar-refractivity contribution >= 4 is 0 Å². The molecule has 0 aliphatic heterocycles. The maximum atomic E-state index is 7.70. The van der Waals surface area contributed by atoms with E-state index in [1.54, 1.807) is 0 Å². The molecule has 0 aromatic heterocycles. The van der Waals surface area contributed by atoms with Crippen molar-refractivity contribution in [1.82, 2.24) is 0 Å². The van der Waals surface area contributed by atoms with E-state index in [-0.39, 0.29) is 1.43 Å². The van der Waals surface area contributed by atoms with Gasteiger partial charge in [0, 0.05) is 1.43 Å². The molecule has 0 aliphatic rings. The Morgan fingerprint density at radius 1 is 1.83 bits per heavy atom. The summed E-state index contributed by atoms with van der Waals surface area (Å²) in [6.45, 7) is 2.51. The van der Waals surface area contributed by atoms with Crippen LogP contribution >= 0.6 is 0 Å². The molecule has 0 spiro atoms. The first-order chi connectivity index (χ1) is 2.91. The Bertz CT molecular complexity index is 21.7. The van der Waals surface area contributed by atoms with Crippen LogP contribution in [0.4, 0.5) is 0 Å². The summed E-state index contributed by atoms with van der Waals surface area (Å²) in [5.41, 5.74) is 0. The minimum Gasteiger partial charge on any atom is -0.252 e.